The van der Waals surface area contributed by atoms with Crippen molar-refractivity contribution in [3.8, 4) is 5.75 Å². The standard InChI is InChI=1S/C41H51N2O10PS/c1-40(2,3)53-39(45)42-37(26-32-16-10-7-11-17-32)38(44)27-43(55(47,48)36-24-22-35(49-6)23-25-36)30-41(4,5)50-31-54(46,51-28-33-18-12-8-13-19-33)52-29-34-20-14-9-15-21-34/h7-25,44H,26-31H2,1-6H3,(H,42,45)/p+1/b38-37-. The van der Waals surface area contributed by atoms with Gasteiger partial charge in [-0.05, 0) is 75.6 Å². The summed E-state index contributed by atoms with van der Waals surface area (Å²) in [6, 6.07) is 33.4. The first-order valence-corrected chi connectivity index (χ1v) is 21.0. The number of ether oxygens (including phenoxy) is 3. The highest BCUT2D eigenvalue weighted by Gasteiger charge is 2.39. The molecule has 0 aliphatic rings. The lowest BCUT2D eigenvalue weighted by Gasteiger charge is -2.31. The Morgan fingerprint density at radius 2 is 1.25 bits per heavy atom. The van der Waals surface area contributed by atoms with Crippen molar-refractivity contribution in [3.05, 3.63) is 143 Å². The molecule has 1 unspecified atom stereocenters. The van der Waals surface area contributed by atoms with Crippen LogP contribution in [0.3, 0.4) is 0 Å². The number of benzene rings is 4. The zero-order valence-electron chi connectivity index (χ0n) is 32.2. The molecular formula is C41H52N2O10PS+. The summed E-state index contributed by atoms with van der Waals surface area (Å²) >= 11 is 0. The Bertz CT molecular complexity index is 1960. The number of sulfonamides is 1. The number of rotatable bonds is 19. The molecule has 0 heterocycles. The lowest BCUT2D eigenvalue weighted by molar-refractivity contribution is -0.772. The van der Waals surface area contributed by atoms with Crippen LogP contribution in [-0.4, -0.2) is 57.4 Å². The second-order valence-corrected chi connectivity index (χ2v) is 18.5. The van der Waals surface area contributed by atoms with E-state index in [0.29, 0.717) is 5.75 Å². The number of nitrogens with one attached hydrogen (secondary N) is 2. The summed E-state index contributed by atoms with van der Waals surface area (Å²) in [7, 11) is -6.71. The number of aliphatic hydroxyl groups excluding tert-OH is 1. The molecule has 4 aromatic carbocycles. The average molecular weight is 796 g/mol. The van der Waals surface area contributed by atoms with E-state index in [9.17, 15) is 22.9 Å². The highest BCUT2D eigenvalue weighted by Crippen LogP contribution is 2.50. The van der Waals surface area contributed by atoms with Crippen LogP contribution in [0.25, 0.3) is 0 Å². The quantitative estimate of drug-likeness (QED) is 0.0658. The molecule has 0 aliphatic heterocycles. The van der Waals surface area contributed by atoms with Gasteiger partial charge in [0.15, 0.2) is 12.3 Å². The number of carbonyl (C=O) groups is 1. The van der Waals surface area contributed by atoms with Gasteiger partial charge in [0, 0.05) is 6.42 Å². The van der Waals surface area contributed by atoms with Crippen LogP contribution in [0.15, 0.2) is 132 Å². The molecule has 0 saturated carbocycles. The Balaban J connectivity index is 1.65. The van der Waals surface area contributed by atoms with Crippen LogP contribution in [0.1, 0.15) is 51.3 Å². The third-order valence-electron chi connectivity index (χ3n) is 8.12. The maximum Gasteiger partial charge on any atom is 0.412 e. The number of quaternary nitrogens is 1. The number of aliphatic hydroxyl groups is 1. The third kappa shape index (κ3) is 14.3. The van der Waals surface area contributed by atoms with Gasteiger partial charge < -0.3 is 28.4 Å². The molecule has 4 aromatic rings. The predicted molar refractivity (Wildman–Crippen MR) is 210 cm³/mol. The van der Waals surface area contributed by atoms with Crippen molar-refractivity contribution in [2.75, 3.05) is 26.5 Å². The van der Waals surface area contributed by atoms with E-state index < -0.39 is 47.8 Å². The van der Waals surface area contributed by atoms with Crippen LogP contribution in [0.5, 0.6) is 5.75 Å². The first kappa shape index (κ1) is 43.2. The lowest BCUT2D eigenvalue weighted by Crippen LogP contribution is -3.15. The lowest BCUT2D eigenvalue weighted by atomic mass is 10.1. The Morgan fingerprint density at radius 1 is 0.764 bits per heavy atom. The second-order valence-electron chi connectivity index (χ2n) is 14.4. The monoisotopic (exact) mass is 795 g/mol. The van der Waals surface area contributed by atoms with Crippen molar-refractivity contribution in [3.63, 3.8) is 0 Å². The predicted octanol–water partition coefficient (Wildman–Crippen LogP) is 7.19. The largest absolute Gasteiger partial charge is 0.505 e. The molecule has 3 N–H and O–H groups in total. The van der Waals surface area contributed by atoms with E-state index in [1.807, 2.05) is 91.0 Å². The molecular weight excluding hydrogens is 743 g/mol. The summed E-state index contributed by atoms with van der Waals surface area (Å²) in [5, 5.41) is 14.3. The van der Waals surface area contributed by atoms with Gasteiger partial charge in [-0.1, -0.05) is 91.0 Å². The summed E-state index contributed by atoms with van der Waals surface area (Å²) < 4.78 is 71.5. The van der Waals surface area contributed by atoms with Crippen molar-refractivity contribution in [2.24, 2.45) is 0 Å². The number of allylic oxidation sites excluding steroid dienone is 1. The molecule has 0 aliphatic carbocycles. The number of methoxy groups -OCH3 is 1. The Kier molecular flexibility index (Phi) is 15.2. The minimum Gasteiger partial charge on any atom is -0.505 e. The molecule has 0 aromatic heterocycles. The van der Waals surface area contributed by atoms with Crippen molar-refractivity contribution >= 4 is 23.7 Å². The second kappa shape index (κ2) is 19.4. The van der Waals surface area contributed by atoms with Gasteiger partial charge in [0.2, 0.25) is 0 Å². The first-order valence-electron chi connectivity index (χ1n) is 17.8. The fourth-order valence-corrected chi connectivity index (χ4v) is 8.41. The molecule has 0 fully saturated rings. The van der Waals surface area contributed by atoms with Gasteiger partial charge in [-0.15, -0.1) is 0 Å². The minimum atomic E-state index is -4.25. The molecule has 296 valence electrons. The summed E-state index contributed by atoms with van der Waals surface area (Å²) in [6.45, 7) is 7.70. The average Bonchev–Trinajstić information content (AvgIpc) is 3.15. The molecule has 4 rings (SSSR count). The van der Waals surface area contributed by atoms with Crippen LogP contribution in [0, 0.1) is 0 Å². The van der Waals surface area contributed by atoms with E-state index in [0.717, 1.165) is 16.7 Å². The molecule has 55 heavy (non-hydrogen) atoms. The zero-order chi connectivity index (χ0) is 40.1. The van der Waals surface area contributed by atoms with E-state index in [1.54, 1.807) is 34.6 Å². The Labute approximate surface area is 324 Å². The summed E-state index contributed by atoms with van der Waals surface area (Å²) in [5.74, 6) is 0.0704. The number of amides is 1. The van der Waals surface area contributed by atoms with Gasteiger partial charge in [-0.25, -0.2) is 9.10 Å². The van der Waals surface area contributed by atoms with Crippen LogP contribution in [0.4, 0.5) is 4.79 Å². The molecule has 0 bridgehead atoms. The summed E-state index contributed by atoms with van der Waals surface area (Å²) in [5.41, 5.74) is 0.262. The number of hydrogen-bond acceptors (Lipinski definition) is 10. The van der Waals surface area contributed by atoms with Gasteiger partial charge in [0.25, 0.3) is 0 Å². The number of alkyl carbamates (subject to hydrolysis) is 1. The fourth-order valence-electron chi connectivity index (χ4n) is 5.30. The number of hydrogen-bond donors (Lipinski definition) is 3. The SMILES string of the molecule is COc1ccc(S(=O)(=O)[NH+](C/C(O)=C(\Cc2ccccc2)NC(=O)OC(C)(C)C)CC(C)(C)OCP(=O)(OCc2ccccc2)OCc2ccccc2)cc1. The van der Waals surface area contributed by atoms with Crippen molar-refractivity contribution in [2.45, 2.75) is 70.4 Å². The Hall–Kier alpha value is -4.49. The van der Waals surface area contributed by atoms with E-state index in [4.69, 9.17) is 23.3 Å². The minimum absolute atomic E-state index is 0.00652. The van der Waals surface area contributed by atoms with Gasteiger partial charge in [0.05, 0.1) is 26.0 Å². The van der Waals surface area contributed by atoms with Gasteiger partial charge in [-0.3, -0.25) is 9.88 Å². The van der Waals surface area contributed by atoms with E-state index in [-0.39, 0.29) is 46.8 Å². The van der Waals surface area contributed by atoms with Crippen molar-refractivity contribution in [1.29, 1.82) is 0 Å². The highest BCUT2D eigenvalue weighted by atomic mass is 32.2. The van der Waals surface area contributed by atoms with E-state index in [2.05, 4.69) is 5.32 Å². The normalized spacial score (nSPS) is 13.4. The van der Waals surface area contributed by atoms with Crippen LogP contribution in [0.2, 0.25) is 0 Å². The molecule has 0 radical (unpaired) electrons. The van der Waals surface area contributed by atoms with E-state index >= 15 is 0 Å². The summed E-state index contributed by atoms with van der Waals surface area (Å²) in [6.07, 6.45) is -1.23. The molecule has 14 heteroatoms. The van der Waals surface area contributed by atoms with Gasteiger partial charge >= 0.3 is 23.7 Å². The van der Waals surface area contributed by atoms with Crippen molar-refractivity contribution in [1.82, 2.24) is 5.32 Å². The molecule has 1 amide bonds. The maximum atomic E-state index is 14.4. The smallest absolute Gasteiger partial charge is 0.412 e. The van der Waals surface area contributed by atoms with Crippen LogP contribution >= 0.6 is 7.60 Å². The molecule has 0 saturated heterocycles. The van der Waals surface area contributed by atoms with Gasteiger partial charge in [-0.2, -0.15) is 8.42 Å². The van der Waals surface area contributed by atoms with Gasteiger partial charge in [0.1, 0.15) is 34.7 Å². The van der Waals surface area contributed by atoms with Crippen molar-refractivity contribution < 1.29 is 50.4 Å². The molecule has 1 atom stereocenters. The summed E-state index contributed by atoms with van der Waals surface area (Å²) in [4.78, 5) is 12.9. The fraction of sp³-hybridized carbons (Fsp3) is 0.341. The topological polar surface area (TPSA) is 151 Å². The van der Waals surface area contributed by atoms with E-state index in [1.165, 1.54) is 31.4 Å². The van der Waals surface area contributed by atoms with Crippen LogP contribution in [-0.2, 0) is 52.7 Å². The highest BCUT2D eigenvalue weighted by molar-refractivity contribution is 7.85. The first-order chi connectivity index (χ1) is 26.0. The molecule has 12 nitrogen and oxygen atoms in total. The third-order valence-corrected chi connectivity index (χ3v) is 11.5. The number of carbonyl (C=O) groups excluding carboxylic acids is 1. The Morgan fingerprint density at radius 3 is 1.73 bits per heavy atom. The molecule has 0 spiro atoms. The zero-order valence-corrected chi connectivity index (χ0v) is 33.9. The maximum absolute atomic E-state index is 14.4. The van der Waals surface area contributed by atoms with Crippen LogP contribution < -0.4 is 14.4 Å².